The summed E-state index contributed by atoms with van der Waals surface area (Å²) < 4.78 is 10.5. The maximum absolute atomic E-state index is 12.5. The number of nitrogens with zero attached hydrogens (tertiary/aromatic N) is 1. The number of amides is 1. The first-order valence-corrected chi connectivity index (χ1v) is 9.48. The number of methoxy groups -OCH3 is 2. The third-order valence-electron chi connectivity index (χ3n) is 4.85. The van der Waals surface area contributed by atoms with Gasteiger partial charge in [-0.15, -0.1) is 0 Å². The highest BCUT2D eigenvalue weighted by Crippen LogP contribution is 2.22. The van der Waals surface area contributed by atoms with Gasteiger partial charge in [0.1, 0.15) is 11.5 Å². The van der Waals surface area contributed by atoms with Crippen molar-refractivity contribution < 1.29 is 14.3 Å². The van der Waals surface area contributed by atoms with Crippen LogP contribution in [-0.2, 0) is 0 Å². The quantitative estimate of drug-likeness (QED) is 0.704. The number of benzene rings is 1. The smallest absolute Gasteiger partial charge is 0.251 e. The fourth-order valence-electron chi connectivity index (χ4n) is 3.20. The van der Waals surface area contributed by atoms with Gasteiger partial charge in [0.05, 0.1) is 14.2 Å². The molecule has 0 spiro atoms. The summed E-state index contributed by atoms with van der Waals surface area (Å²) in [6, 6.07) is 5.78. The first-order valence-electron chi connectivity index (χ1n) is 9.48. The monoisotopic (exact) mass is 363 g/mol. The zero-order valence-electron chi connectivity index (χ0n) is 16.5. The van der Waals surface area contributed by atoms with E-state index in [9.17, 15) is 4.79 Å². The fraction of sp³-hybridized carbons (Fsp3) is 0.650. The third kappa shape index (κ3) is 6.50. The Hall–Kier alpha value is -1.79. The number of carbonyl (C=O) groups excluding carboxylic acids is 1. The van der Waals surface area contributed by atoms with E-state index in [-0.39, 0.29) is 5.91 Å². The number of ether oxygens (including phenoxy) is 2. The van der Waals surface area contributed by atoms with Crippen LogP contribution in [-0.4, -0.2) is 63.8 Å². The molecule has 1 heterocycles. The Kier molecular flexibility index (Phi) is 8.19. The van der Waals surface area contributed by atoms with Crippen molar-refractivity contribution in [1.82, 2.24) is 15.5 Å². The van der Waals surface area contributed by atoms with Gasteiger partial charge in [-0.2, -0.15) is 0 Å². The van der Waals surface area contributed by atoms with Crippen LogP contribution in [0.1, 0.15) is 37.0 Å². The lowest BCUT2D eigenvalue weighted by Gasteiger charge is -2.32. The highest BCUT2D eigenvalue weighted by molar-refractivity contribution is 5.95. The normalized spacial score (nSPS) is 15.9. The van der Waals surface area contributed by atoms with E-state index in [1.807, 2.05) is 0 Å². The maximum atomic E-state index is 12.5. The topological polar surface area (TPSA) is 62.8 Å². The van der Waals surface area contributed by atoms with Gasteiger partial charge in [0.2, 0.25) is 0 Å². The molecule has 0 unspecified atom stereocenters. The summed E-state index contributed by atoms with van der Waals surface area (Å²) in [7, 11) is 3.17. The van der Waals surface area contributed by atoms with Gasteiger partial charge in [-0.3, -0.25) is 4.79 Å². The van der Waals surface area contributed by atoms with Gasteiger partial charge in [-0.1, -0.05) is 13.8 Å². The molecule has 1 fully saturated rings. The summed E-state index contributed by atoms with van der Waals surface area (Å²) in [5, 5.41) is 6.53. The Morgan fingerprint density at radius 2 is 1.77 bits per heavy atom. The zero-order valence-corrected chi connectivity index (χ0v) is 16.5. The Morgan fingerprint density at radius 3 is 2.31 bits per heavy atom. The maximum Gasteiger partial charge on any atom is 0.251 e. The first kappa shape index (κ1) is 20.5. The molecular formula is C20H33N3O3. The largest absolute Gasteiger partial charge is 0.497 e. The van der Waals surface area contributed by atoms with Crippen molar-refractivity contribution >= 4 is 5.91 Å². The molecule has 0 radical (unpaired) electrons. The molecule has 2 rings (SSSR count). The lowest BCUT2D eigenvalue weighted by atomic mass is 9.96. The van der Waals surface area contributed by atoms with E-state index in [1.165, 1.54) is 0 Å². The van der Waals surface area contributed by atoms with Crippen LogP contribution in [0, 0.1) is 5.92 Å². The molecule has 2 N–H and O–H groups in total. The van der Waals surface area contributed by atoms with Crippen molar-refractivity contribution in [1.29, 1.82) is 0 Å². The summed E-state index contributed by atoms with van der Waals surface area (Å²) in [4.78, 5) is 15.0. The van der Waals surface area contributed by atoms with Crippen molar-refractivity contribution in [3.8, 4) is 11.5 Å². The van der Waals surface area contributed by atoms with Crippen LogP contribution < -0.4 is 20.1 Å². The van der Waals surface area contributed by atoms with Gasteiger partial charge in [0.25, 0.3) is 5.91 Å². The van der Waals surface area contributed by atoms with Crippen LogP contribution >= 0.6 is 0 Å². The number of carbonyl (C=O) groups is 1. The second kappa shape index (κ2) is 10.4. The molecule has 1 aliphatic heterocycles. The van der Waals surface area contributed by atoms with Crippen molar-refractivity contribution in [2.75, 3.05) is 46.9 Å². The second-order valence-corrected chi connectivity index (χ2v) is 7.21. The average molecular weight is 364 g/mol. The van der Waals surface area contributed by atoms with Crippen LogP contribution in [0.4, 0.5) is 0 Å². The zero-order chi connectivity index (χ0) is 18.9. The number of likely N-dealkylation sites (tertiary alicyclic amines) is 1. The number of rotatable bonds is 9. The fourth-order valence-corrected chi connectivity index (χ4v) is 3.20. The van der Waals surface area contributed by atoms with Gasteiger partial charge < -0.3 is 25.0 Å². The molecular weight excluding hydrogens is 330 g/mol. The predicted octanol–water partition coefficient (Wildman–Crippen LogP) is 2.14. The van der Waals surface area contributed by atoms with Crippen LogP contribution in [0.25, 0.3) is 0 Å². The molecule has 6 nitrogen and oxygen atoms in total. The summed E-state index contributed by atoms with van der Waals surface area (Å²) >= 11 is 0. The lowest BCUT2D eigenvalue weighted by molar-refractivity contribution is 0.0935. The van der Waals surface area contributed by atoms with Crippen LogP contribution in [0.5, 0.6) is 11.5 Å². The molecule has 0 atom stereocenters. The molecule has 6 heteroatoms. The van der Waals surface area contributed by atoms with Crippen molar-refractivity contribution in [3.63, 3.8) is 0 Å². The summed E-state index contributed by atoms with van der Waals surface area (Å²) in [6.45, 7) is 9.41. The lowest BCUT2D eigenvalue weighted by Crippen LogP contribution is -2.42. The van der Waals surface area contributed by atoms with Crippen molar-refractivity contribution in [2.45, 2.75) is 32.7 Å². The minimum atomic E-state index is -0.0780. The van der Waals surface area contributed by atoms with E-state index in [1.54, 1.807) is 32.4 Å². The Morgan fingerprint density at radius 1 is 1.15 bits per heavy atom. The van der Waals surface area contributed by atoms with Gasteiger partial charge in [0.15, 0.2) is 0 Å². The first-order chi connectivity index (χ1) is 12.5. The molecule has 146 valence electrons. The molecule has 1 aromatic carbocycles. The molecule has 0 aliphatic carbocycles. The van der Waals surface area contributed by atoms with Gasteiger partial charge >= 0.3 is 0 Å². The molecule has 0 saturated carbocycles. The molecule has 0 bridgehead atoms. The predicted molar refractivity (Wildman–Crippen MR) is 104 cm³/mol. The number of hydrogen-bond donors (Lipinski definition) is 2. The van der Waals surface area contributed by atoms with Gasteiger partial charge in [0, 0.05) is 37.3 Å². The van der Waals surface area contributed by atoms with Crippen LogP contribution in [0.15, 0.2) is 18.2 Å². The highest BCUT2D eigenvalue weighted by atomic mass is 16.5. The molecule has 0 aromatic heterocycles. The molecule has 1 amide bonds. The standard InChI is InChI=1S/C20H33N3O3/c1-15(2)21-7-10-23-8-5-16(6-9-23)14-22-20(24)17-11-18(25-3)13-19(12-17)26-4/h11-13,15-16,21H,5-10,14H2,1-4H3,(H,22,24). The summed E-state index contributed by atoms with van der Waals surface area (Å²) in [5.41, 5.74) is 0.568. The summed E-state index contributed by atoms with van der Waals surface area (Å²) in [6.07, 6.45) is 2.26. The third-order valence-corrected chi connectivity index (χ3v) is 4.85. The molecule has 26 heavy (non-hydrogen) atoms. The minimum Gasteiger partial charge on any atom is -0.497 e. The molecule has 1 aromatic rings. The van der Waals surface area contributed by atoms with E-state index < -0.39 is 0 Å². The molecule has 1 aliphatic rings. The van der Waals surface area contributed by atoms with E-state index in [4.69, 9.17) is 9.47 Å². The Bertz CT molecular complexity index is 547. The van der Waals surface area contributed by atoms with Gasteiger partial charge in [-0.25, -0.2) is 0 Å². The summed E-state index contributed by atoms with van der Waals surface area (Å²) in [5.74, 6) is 1.71. The number of nitrogens with one attached hydrogen (secondary N) is 2. The van der Waals surface area contributed by atoms with Crippen molar-refractivity contribution in [2.24, 2.45) is 5.92 Å². The van der Waals surface area contributed by atoms with E-state index in [0.29, 0.717) is 29.0 Å². The average Bonchev–Trinajstić information content (AvgIpc) is 2.66. The molecule has 1 saturated heterocycles. The highest BCUT2D eigenvalue weighted by Gasteiger charge is 2.20. The van der Waals surface area contributed by atoms with Crippen LogP contribution in [0.2, 0.25) is 0 Å². The van der Waals surface area contributed by atoms with E-state index >= 15 is 0 Å². The Balaban J connectivity index is 1.75. The van der Waals surface area contributed by atoms with E-state index in [2.05, 4.69) is 29.4 Å². The van der Waals surface area contributed by atoms with E-state index in [0.717, 1.165) is 45.6 Å². The van der Waals surface area contributed by atoms with Gasteiger partial charge in [-0.05, 0) is 44.0 Å². The Labute approximate surface area is 157 Å². The number of hydrogen-bond acceptors (Lipinski definition) is 5. The van der Waals surface area contributed by atoms with Crippen molar-refractivity contribution in [3.05, 3.63) is 23.8 Å². The minimum absolute atomic E-state index is 0.0780. The van der Waals surface area contributed by atoms with Crippen LogP contribution in [0.3, 0.4) is 0 Å². The SMILES string of the molecule is COc1cc(OC)cc(C(=O)NCC2CCN(CCNC(C)C)CC2)c1. The number of piperidine rings is 1. The second-order valence-electron chi connectivity index (χ2n) is 7.21.